The van der Waals surface area contributed by atoms with E-state index in [1.807, 2.05) is 72.8 Å². The Hall–Kier alpha value is -5.95. The fourth-order valence-electron chi connectivity index (χ4n) is 6.49. The normalized spacial score (nSPS) is 14.0. The van der Waals surface area contributed by atoms with Gasteiger partial charge >= 0.3 is 0 Å². The predicted molar refractivity (Wildman–Crippen MR) is 186 cm³/mol. The van der Waals surface area contributed by atoms with Crippen molar-refractivity contribution in [1.29, 1.82) is 0 Å². The van der Waals surface area contributed by atoms with Crippen molar-refractivity contribution in [2.24, 2.45) is 9.98 Å². The molecule has 0 amide bonds. The summed E-state index contributed by atoms with van der Waals surface area (Å²) < 4.78 is 18.7. The van der Waals surface area contributed by atoms with Gasteiger partial charge in [0.15, 0.2) is 0 Å². The lowest BCUT2D eigenvalue weighted by molar-refractivity contribution is 0.414. The number of imidazole rings is 1. The summed E-state index contributed by atoms with van der Waals surface area (Å²) >= 11 is 0. The van der Waals surface area contributed by atoms with Gasteiger partial charge in [-0.15, -0.1) is 0 Å². The topological polar surface area (TPSA) is 70.2 Å². The van der Waals surface area contributed by atoms with Crippen LogP contribution in [0.2, 0.25) is 0 Å². The summed E-state index contributed by atoms with van der Waals surface area (Å²) in [5, 5.41) is 0. The van der Waals surface area contributed by atoms with E-state index in [0.29, 0.717) is 0 Å². The second-order valence-electron chi connectivity index (χ2n) is 11.6. The van der Waals surface area contributed by atoms with Crippen LogP contribution < -0.4 is 14.2 Å². The Morgan fingerprint density at radius 3 is 1.51 bits per heavy atom. The summed E-state index contributed by atoms with van der Waals surface area (Å²) in [5.41, 5.74) is 10.4. The number of hydrogen-bond donors (Lipinski definition) is 0. The van der Waals surface area contributed by atoms with E-state index in [-0.39, 0.29) is 0 Å². The molecule has 0 fully saturated rings. The predicted octanol–water partition coefficient (Wildman–Crippen LogP) is 8.18. The highest BCUT2D eigenvalue weighted by atomic mass is 16.5. The summed E-state index contributed by atoms with van der Waals surface area (Å²) in [4.78, 5) is 16.6. The standard InChI is InChI=1S/C40H32N4O3/c1-25-9-11-28(12-10-25)37-38(29-17-23-32(47-4)24-18-29)44-39(41-37)33-7-5-6-8-34(33)40(44)42-35(26-13-19-30(45-2)20-14-26)36(43-40)27-15-21-31(46-3)22-16-27/h5-24H,1-4H3. The fourth-order valence-corrected chi connectivity index (χ4v) is 6.49. The van der Waals surface area contributed by atoms with Gasteiger partial charge in [-0.25, -0.2) is 15.0 Å². The molecule has 1 spiro atoms. The van der Waals surface area contributed by atoms with Gasteiger partial charge in [0, 0.05) is 33.4 Å². The maximum Gasteiger partial charge on any atom is 0.262 e. The average Bonchev–Trinajstić information content (AvgIpc) is 3.80. The average molecular weight is 617 g/mol. The zero-order valence-electron chi connectivity index (χ0n) is 26.6. The van der Waals surface area contributed by atoms with Crippen LogP contribution >= 0.6 is 0 Å². The molecule has 230 valence electrons. The monoisotopic (exact) mass is 616 g/mol. The molecular formula is C40H32N4O3. The van der Waals surface area contributed by atoms with Crippen LogP contribution in [0.5, 0.6) is 17.2 Å². The van der Waals surface area contributed by atoms with Gasteiger partial charge in [-0.3, -0.25) is 4.57 Å². The zero-order valence-corrected chi connectivity index (χ0v) is 26.6. The number of nitrogens with zero attached hydrogens (tertiary/aromatic N) is 4. The van der Waals surface area contributed by atoms with E-state index in [1.54, 1.807) is 21.3 Å². The summed E-state index contributed by atoms with van der Waals surface area (Å²) in [6.45, 7) is 2.09. The van der Waals surface area contributed by atoms with E-state index in [0.717, 1.165) is 79.3 Å². The van der Waals surface area contributed by atoms with Crippen LogP contribution in [0.1, 0.15) is 22.3 Å². The van der Waals surface area contributed by atoms with Crippen LogP contribution in [0.25, 0.3) is 33.9 Å². The second-order valence-corrected chi connectivity index (χ2v) is 11.6. The quantitative estimate of drug-likeness (QED) is 0.181. The Bertz CT molecular complexity index is 2110. The summed E-state index contributed by atoms with van der Waals surface area (Å²) in [5.74, 6) is 2.02. The van der Waals surface area contributed by atoms with Crippen LogP contribution in [-0.2, 0) is 5.79 Å². The number of aryl methyl sites for hydroxylation is 1. The third-order valence-corrected chi connectivity index (χ3v) is 8.89. The molecule has 0 saturated carbocycles. The lowest BCUT2D eigenvalue weighted by Gasteiger charge is -2.24. The molecule has 7 nitrogen and oxygen atoms in total. The van der Waals surface area contributed by atoms with Crippen molar-refractivity contribution in [3.05, 3.63) is 144 Å². The van der Waals surface area contributed by atoms with Crippen LogP contribution in [-0.4, -0.2) is 42.3 Å². The van der Waals surface area contributed by atoms with Crippen LogP contribution in [0.4, 0.5) is 0 Å². The molecular weight excluding hydrogens is 584 g/mol. The molecule has 0 bridgehead atoms. The first-order chi connectivity index (χ1) is 23.0. The van der Waals surface area contributed by atoms with E-state index in [1.165, 1.54) is 5.56 Å². The molecule has 1 aromatic heterocycles. The van der Waals surface area contributed by atoms with Crippen molar-refractivity contribution in [1.82, 2.24) is 9.55 Å². The minimum atomic E-state index is -1.14. The molecule has 5 aromatic carbocycles. The van der Waals surface area contributed by atoms with Crippen molar-refractivity contribution in [2.75, 3.05) is 21.3 Å². The molecule has 6 aromatic rings. The maximum absolute atomic E-state index is 5.61. The summed E-state index contributed by atoms with van der Waals surface area (Å²) in [6.07, 6.45) is 0. The number of fused-ring (bicyclic) bond motifs is 5. The molecule has 2 aliphatic rings. The Morgan fingerprint density at radius 1 is 0.532 bits per heavy atom. The smallest absolute Gasteiger partial charge is 0.262 e. The van der Waals surface area contributed by atoms with Crippen molar-refractivity contribution in [3.63, 3.8) is 0 Å². The summed E-state index contributed by atoms with van der Waals surface area (Å²) in [7, 11) is 5.02. The molecule has 3 heterocycles. The van der Waals surface area contributed by atoms with E-state index in [4.69, 9.17) is 29.2 Å². The van der Waals surface area contributed by atoms with Crippen molar-refractivity contribution in [2.45, 2.75) is 12.7 Å². The van der Waals surface area contributed by atoms with Gasteiger partial charge in [-0.1, -0.05) is 54.1 Å². The number of benzene rings is 5. The fraction of sp³-hybridized carbons (Fsp3) is 0.125. The minimum absolute atomic E-state index is 0.776. The minimum Gasteiger partial charge on any atom is -0.497 e. The molecule has 0 saturated heterocycles. The zero-order chi connectivity index (χ0) is 32.1. The van der Waals surface area contributed by atoms with E-state index in [2.05, 4.69) is 60.0 Å². The number of hydrogen-bond acceptors (Lipinski definition) is 6. The Kier molecular flexibility index (Phi) is 6.76. The molecule has 47 heavy (non-hydrogen) atoms. The molecule has 0 radical (unpaired) electrons. The maximum atomic E-state index is 5.61. The van der Waals surface area contributed by atoms with Gasteiger partial charge in [-0.05, 0) is 79.7 Å². The largest absolute Gasteiger partial charge is 0.497 e. The molecule has 7 heteroatoms. The van der Waals surface area contributed by atoms with E-state index < -0.39 is 5.79 Å². The van der Waals surface area contributed by atoms with Gasteiger partial charge in [0.05, 0.1) is 44.1 Å². The number of ether oxygens (including phenoxy) is 3. The first kappa shape index (κ1) is 28.5. The van der Waals surface area contributed by atoms with Gasteiger partial charge in [-0.2, -0.15) is 0 Å². The summed E-state index contributed by atoms with van der Waals surface area (Å²) in [6, 6.07) is 40.9. The van der Waals surface area contributed by atoms with Gasteiger partial charge < -0.3 is 14.2 Å². The molecule has 0 aliphatic carbocycles. The first-order valence-electron chi connectivity index (χ1n) is 15.5. The van der Waals surface area contributed by atoms with Crippen LogP contribution in [0.3, 0.4) is 0 Å². The lowest BCUT2D eigenvalue weighted by Crippen LogP contribution is -2.26. The van der Waals surface area contributed by atoms with Gasteiger partial charge in [0.25, 0.3) is 5.79 Å². The number of aliphatic imine (C=N–C) groups is 2. The van der Waals surface area contributed by atoms with Crippen LogP contribution in [0, 0.1) is 6.92 Å². The highest BCUT2D eigenvalue weighted by Crippen LogP contribution is 2.53. The number of rotatable bonds is 7. The second kappa shape index (κ2) is 11.1. The Balaban J connectivity index is 1.45. The SMILES string of the molecule is COc1ccc(C2=NC3(N=C2c2ccc(OC)cc2)c2ccccc2-c2nc(-c4ccc(C)cc4)c(-c4ccc(OC)cc4)n23)cc1. The van der Waals surface area contributed by atoms with Crippen molar-refractivity contribution < 1.29 is 14.2 Å². The van der Waals surface area contributed by atoms with E-state index >= 15 is 0 Å². The third kappa shape index (κ3) is 4.54. The molecule has 0 N–H and O–H groups in total. The lowest BCUT2D eigenvalue weighted by atomic mass is 10.00. The first-order valence-corrected chi connectivity index (χ1v) is 15.5. The van der Waals surface area contributed by atoms with E-state index in [9.17, 15) is 0 Å². The van der Waals surface area contributed by atoms with Crippen molar-refractivity contribution in [3.8, 4) is 51.2 Å². The number of aromatic nitrogens is 2. The van der Waals surface area contributed by atoms with Gasteiger partial charge in [0.2, 0.25) is 0 Å². The molecule has 2 aliphatic heterocycles. The molecule has 8 rings (SSSR count). The third-order valence-electron chi connectivity index (χ3n) is 8.89. The van der Waals surface area contributed by atoms with Crippen molar-refractivity contribution >= 4 is 11.4 Å². The number of methoxy groups -OCH3 is 3. The van der Waals surface area contributed by atoms with Gasteiger partial charge in [0.1, 0.15) is 23.1 Å². The Labute approximate surface area is 273 Å². The molecule has 0 unspecified atom stereocenters. The highest BCUT2D eigenvalue weighted by molar-refractivity contribution is 6.54. The highest BCUT2D eigenvalue weighted by Gasteiger charge is 2.50. The Morgan fingerprint density at radius 2 is 1.00 bits per heavy atom. The molecule has 0 atom stereocenters. The van der Waals surface area contributed by atoms with Crippen LogP contribution in [0.15, 0.2) is 131 Å².